The van der Waals surface area contributed by atoms with Gasteiger partial charge < -0.3 is 10.2 Å². The first kappa shape index (κ1) is 15.5. The molecular weight excluding hydrogens is 320 g/mol. The first-order valence-corrected chi connectivity index (χ1v) is 6.93. The predicted octanol–water partition coefficient (Wildman–Crippen LogP) is 0.318. The number of carbonyl (C=O) groups is 3. The van der Waals surface area contributed by atoms with Crippen molar-refractivity contribution in [1.82, 2.24) is 9.88 Å². The van der Waals surface area contributed by atoms with Crippen molar-refractivity contribution in [2.75, 3.05) is 0 Å². The number of aliphatic imine (C=N–C) groups is 2. The molecule has 1 aromatic rings. The van der Waals surface area contributed by atoms with Gasteiger partial charge in [-0.1, -0.05) is 0 Å². The fourth-order valence-corrected chi connectivity index (χ4v) is 2.34. The van der Waals surface area contributed by atoms with E-state index in [1.54, 1.807) is 0 Å². The van der Waals surface area contributed by atoms with Crippen molar-refractivity contribution in [2.24, 2.45) is 20.2 Å². The number of hydrogen-bond acceptors (Lipinski definition) is 7. The highest BCUT2D eigenvalue weighted by atomic mass is 16.3. The Morgan fingerprint density at radius 1 is 1.38 bits per heavy atom. The van der Waals surface area contributed by atoms with Crippen molar-refractivity contribution in [3.05, 3.63) is 6.07 Å². The van der Waals surface area contributed by atoms with Crippen molar-refractivity contribution < 1.29 is 24.6 Å². The van der Waals surface area contributed by atoms with Crippen LogP contribution in [0.5, 0.6) is 11.8 Å². The molecule has 2 aliphatic rings. The molecule has 24 heavy (non-hydrogen) atoms. The fraction of sp³-hybridized carbons (Fsp3) is 0.308. The standard InChI is InChI=1S/C13H12N6O5/c1-5(20)10-16-13(18-17-10)14-6-4-9(22)19(12(6)24)7-2-3-8(21)15-11(7)23/h4,7,22,24H,2-3H2,1H3,(H,15,21,23). The van der Waals surface area contributed by atoms with Gasteiger partial charge in [0.2, 0.25) is 23.5 Å². The number of nitrogens with zero attached hydrogens (tertiary/aromatic N) is 5. The molecule has 1 aromatic heterocycles. The number of amides is 2. The second-order valence-electron chi connectivity index (χ2n) is 5.15. The van der Waals surface area contributed by atoms with Gasteiger partial charge in [-0.15, -0.1) is 10.2 Å². The minimum Gasteiger partial charge on any atom is -0.494 e. The Kier molecular flexibility index (Phi) is 3.67. The third-order valence-corrected chi connectivity index (χ3v) is 3.47. The van der Waals surface area contributed by atoms with E-state index in [-0.39, 0.29) is 30.3 Å². The van der Waals surface area contributed by atoms with E-state index < -0.39 is 35.4 Å². The molecule has 1 atom stereocenters. The number of nitrogens with one attached hydrogen (secondary N) is 1. The Morgan fingerprint density at radius 2 is 2.12 bits per heavy atom. The van der Waals surface area contributed by atoms with Gasteiger partial charge in [0.25, 0.3) is 5.96 Å². The maximum Gasteiger partial charge on any atom is 0.271 e. The first-order valence-electron chi connectivity index (χ1n) is 6.93. The molecule has 1 saturated heterocycles. The molecule has 124 valence electrons. The molecule has 0 spiro atoms. The summed E-state index contributed by atoms with van der Waals surface area (Å²) in [4.78, 5) is 41.9. The van der Waals surface area contributed by atoms with E-state index in [1.807, 2.05) is 0 Å². The van der Waals surface area contributed by atoms with Gasteiger partial charge in [-0.25, -0.2) is 4.99 Å². The van der Waals surface area contributed by atoms with Crippen LogP contribution < -0.4 is 5.32 Å². The Hall–Kier alpha value is -3.37. The molecule has 11 nitrogen and oxygen atoms in total. The van der Waals surface area contributed by atoms with Crippen LogP contribution in [-0.2, 0) is 14.4 Å². The molecule has 0 aliphatic carbocycles. The van der Waals surface area contributed by atoms with E-state index in [2.05, 4.69) is 25.5 Å². The Bertz CT molecular complexity index is 849. The van der Waals surface area contributed by atoms with E-state index in [1.165, 1.54) is 6.92 Å². The monoisotopic (exact) mass is 332 g/mol. The van der Waals surface area contributed by atoms with Gasteiger partial charge in [-0.05, 0) is 6.42 Å². The van der Waals surface area contributed by atoms with Crippen molar-refractivity contribution in [3.8, 4) is 11.8 Å². The molecule has 3 N–H and O–H groups in total. The van der Waals surface area contributed by atoms with Gasteiger partial charge in [0.1, 0.15) is 11.7 Å². The number of imide groups is 1. The molecule has 0 aromatic carbocycles. The summed E-state index contributed by atoms with van der Waals surface area (Å²) >= 11 is 0. The average Bonchev–Trinajstić information content (AvgIpc) is 3.07. The highest BCUT2D eigenvalue weighted by Crippen LogP contribution is 2.39. The van der Waals surface area contributed by atoms with Crippen molar-refractivity contribution in [1.29, 1.82) is 0 Å². The van der Waals surface area contributed by atoms with Crippen LogP contribution in [0.2, 0.25) is 0 Å². The number of Topliss-reactive ketones (excluding diaryl/α,β-unsaturated/α-hetero) is 1. The second-order valence-corrected chi connectivity index (χ2v) is 5.15. The Labute approximate surface area is 134 Å². The average molecular weight is 332 g/mol. The topological polar surface area (TPSA) is 158 Å². The lowest BCUT2D eigenvalue weighted by Gasteiger charge is -2.23. The number of ketones is 1. The summed E-state index contributed by atoms with van der Waals surface area (Å²) in [7, 11) is 0. The first-order chi connectivity index (χ1) is 11.4. The van der Waals surface area contributed by atoms with Crippen molar-refractivity contribution in [3.63, 3.8) is 0 Å². The van der Waals surface area contributed by atoms with E-state index in [9.17, 15) is 24.6 Å². The van der Waals surface area contributed by atoms with Crippen LogP contribution in [0.4, 0.5) is 5.69 Å². The van der Waals surface area contributed by atoms with Gasteiger partial charge >= 0.3 is 0 Å². The van der Waals surface area contributed by atoms with Gasteiger partial charge in [-0.3, -0.25) is 24.3 Å². The van der Waals surface area contributed by atoms with Crippen LogP contribution in [0.25, 0.3) is 0 Å². The number of azo groups is 1. The lowest BCUT2D eigenvalue weighted by molar-refractivity contribution is -0.136. The quantitative estimate of drug-likeness (QED) is 0.679. The van der Waals surface area contributed by atoms with Gasteiger partial charge in [0, 0.05) is 19.4 Å². The smallest absolute Gasteiger partial charge is 0.271 e. The molecule has 0 saturated carbocycles. The number of aromatic nitrogens is 1. The van der Waals surface area contributed by atoms with Crippen molar-refractivity contribution >= 4 is 35.1 Å². The summed E-state index contributed by atoms with van der Waals surface area (Å²) in [6.07, 6.45) is 0.209. The molecule has 0 radical (unpaired) electrons. The summed E-state index contributed by atoms with van der Waals surface area (Å²) in [6.45, 7) is 1.27. The molecule has 1 unspecified atom stereocenters. The lowest BCUT2D eigenvalue weighted by atomic mass is 10.1. The van der Waals surface area contributed by atoms with Gasteiger partial charge in [-0.2, -0.15) is 4.99 Å². The number of amidine groups is 1. The highest BCUT2D eigenvalue weighted by molar-refractivity contribution is 6.41. The fourth-order valence-electron chi connectivity index (χ4n) is 2.34. The van der Waals surface area contributed by atoms with E-state index in [0.717, 1.165) is 10.6 Å². The summed E-state index contributed by atoms with van der Waals surface area (Å²) in [5.41, 5.74) is -0.0975. The van der Waals surface area contributed by atoms with Crippen LogP contribution in [0.3, 0.4) is 0 Å². The maximum absolute atomic E-state index is 11.9. The van der Waals surface area contributed by atoms with E-state index in [4.69, 9.17) is 0 Å². The minimum absolute atomic E-state index is 0.0811. The molecule has 0 bridgehead atoms. The van der Waals surface area contributed by atoms with Crippen LogP contribution >= 0.6 is 0 Å². The van der Waals surface area contributed by atoms with Gasteiger partial charge in [0.05, 0.1) is 0 Å². The Balaban J connectivity index is 1.94. The van der Waals surface area contributed by atoms with Crippen LogP contribution in [0.15, 0.2) is 26.3 Å². The molecule has 3 heterocycles. The number of rotatable bonds is 3. The number of piperidine rings is 1. The van der Waals surface area contributed by atoms with Crippen LogP contribution in [0, 0.1) is 0 Å². The second kappa shape index (κ2) is 5.68. The summed E-state index contributed by atoms with van der Waals surface area (Å²) in [5.74, 6) is -2.64. The normalized spacial score (nSPS) is 22.0. The zero-order valence-electron chi connectivity index (χ0n) is 12.4. The third-order valence-electron chi connectivity index (χ3n) is 3.47. The summed E-state index contributed by atoms with van der Waals surface area (Å²) < 4.78 is 0.961. The maximum atomic E-state index is 11.9. The molecule has 1 fully saturated rings. The lowest BCUT2D eigenvalue weighted by Crippen LogP contribution is -2.41. The summed E-state index contributed by atoms with van der Waals surface area (Å²) in [5, 5.41) is 29.4. The van der Waals surface area contributed by atoms with E-state index in [0.29, 0.717) is 0 Å². The van der Waals surface area contributed by atoms with Gasteiger partial charge in [0.15, 0.2) is 11.7 Å². The predicted molar refractivity (Wildman–Crippen MR) is 79.2 cm³/mol. The van der Waals surface area contributed by atoms with E-state index >= 15 is 0 Å². The molecule has 11 heteroatoms. The number of aromatic hydroxyl groups is 2. The SMILES string of the molecule is CC(=O)C1=NC(=Nc2cc(O)n(C3CCC(=O)NC3=O)c2O)N=N1. The zero-order valence-corrected chi connectivity index (χ0v) is 12.4. The third kappa shape index (κ3) is 2.66. The Morgan fingerprint density at radius 3 is 2.75 bits per heavy atom. The largest absolute Gasteiger partial charge is 0.494 e. The molecule has 2 amide bonds. The highest BCUT2D eigenvalue weighted by Gasteiger charge is 2.32. The molecule has 2 aliphatic heterocycles. The van der Waals surface area contributed by atoms with Crippen LogP contribution in [-0.4, -0.2) is 44.2 Å². The molecular formula is C13H12N6O5. The minimum atomic E-state index is -0.946. The molecule has 3 rings (SSSR count). The zero-order chi connectivity index (χ0) is 17.4. The van der Waals surface area contributed by atoms with Crippen molar-refractivity contribution in [2.45, 2.75) is 25.8 Å². The number of hydrogen-bond donors (Lipinski definition) is 3. The number of carbonyl (C=O) groups excluding carboxylic acids is 3. The number of guanidine groups is 1. The summed E-state index contributed by atoms with van der Waals surface area (Å²) in [6, 6.07) is 0.168. The van der Waals surface area contributed by atoms with Crippen LogP contribution in [0.1, 0.15) is 25.8 Å².